The normalized spacial score (nSPS) is 16.0. The fourth-order valence-electron chi connectivity index (χ4n) is 3.70. The van der Waals surface area contributed by atoms with Crippen LogP contribution in [0.4, 0.5) is 15.7 Å². The number of ether oxygens (including phenoxy) is 1. The number of aryl methyl sites for hydroxylation is 1. The number of anilines is 2. The van der Waals surface area contributed by atoms with E-state index >= 15 is 0 Å². The molecule has 3 rings (SSSR count). The number of nitrogens with zero attached hydrogens (tertiary/aromatic N) is 3. The van der Waals surface area contributed by atoms with E-state index in [4.69, 9.17) is 9.72 Å². The van der Waals surface area contributed by atoms with Crippen LogP contribution in [-0.4, -0.2) is 52.6 Å². The van der Waals surface area contributed by atoms with Crippen molar-refractivity contribution in [2.45, 2.75) is 52.1 Å². The number of carbonyl (C=O) groups is 2. The second-order valence-corrected chi connectivity index (χ2v) is 9.98. The molecule has 1 saturated heterocycles. The van der Waals surface area contributed by atoms with E-state index in [2.05, 4.69) is 15.6 Å². The number of rotatable bonds is 5. The van der Waals surface area contributed by atoms with Crippen LogP contribution in [0.15, 0.2) is 24.4 Å². The molecular formula is C22H31N5O3S. The van der Waals surface area contributed by atoms with Crippen LogP contribution in [0.25, 0.3) is 0 Å². The van der Waals surface area contributed by atoms with E-state index < -0.39 is 5.60 Å². The summed E-state index contributed by atoms with van der Waals surface area (Å²) in [5.74, 6) is 0.298. The molecule has 0 aliphatic carbocycles. The van der Waals surface area contributed by atoms with Crippen molar-refractivity contribution in [3.63, 3.8) is 0 Å². The zero-order chi connectivity index (χ0) is 22.6. The Morgan fingerprint density at radius 2 is 1.97 bits per heavy atom. The molecule has 1 unspecified atom stereocenters. The van der Waals surface area contributed by atoms with Crippen molar-refractivity contribution in [3.05, 3.63) is 35.0 Å². The quantitative estimate of drug-likeness (QED) is 0.720. The summed E-state index contributed by atoms with van der Waals surface area (Å²) in [5, 5.41) is 6.77. The maximum absolute atomic E-state index is 12.8. The van der Waals surface area contributed by atoms with Gasteiger partial charge in [0.25, 0.3) is 0 Å². The Morgan fingerprint density at radius 3 is 2.55 bits per heavy atom. The van der Waals surface area contributed by atoms with Crippen LogP contribution >= 0.6 is 11.3 Å². The lowest BCUT2D eigenvalue weighted by atomic mass is 9.81. The Morgan fingerprint density at radius 1 is 1.26 bits per heavy atom. The van der Waals surface area contributed by atoms with Crippen LogP contribution in [0.5, 0.6) is 0 Å². The van der Waals surface area contributed by atoms with Crippen molar-refractivity contribution in [2.24, 2.45) is 5.92 Å². The molecule has 2 N–H and O–H groups in total. The molecular weight excluding hydrogens is 414 g/mol. The molecule has 1 atom stereocenters. The third-order valence-corrected chi connectivity index (χ3v) is 5.97. The fourth-order valence-corrected chi connectivity index (χ4v) is 4.38. The Kier molecular flexibility index (Phi) is 7.15. The average molecular weight is 446 g/mol. The predicted molar refractivity (Wildman–Crippen MR) is 122 cm³/mol. The van der Waals surface area contributed by atoms with Crippen LogP contribution in [-0.2, 0) is 9.53 Å². The highest BCUT2D eigenvalue weighted by Gasteiger charge is 2.35. The molecule has 0 radical (unpaired) electrons. The van der Waals surface area contributed by atoms with Gasteiger partial charge in [0.2, 0.25) is 5.91 Å². The Labute approximate surface area is 187 Å². The first-order chi connectivity index (χ1) is 14.7. The number of amides is 2. The summed E-state index contributed by atoms with van der Waals surface area (Å²) >= 11 is 1.55. The first-order valence-corrected chi connectivity index (χ1v) is 11.3. The third kappa shape index (κ3) is 6.16. The number of aromatic nitrogens is 2. The highest BCUT2D eigenvalue weighted by Crippen LogP contribution is 2.33. The van der Waals surface area contributed by atoms with Gasteiger partial charge < -0.3 is 20.3 Å². The van der Waals surface area contributed by atoms with Crippen LogP contribution in [0.3, 0.4) is 0 Å². The summed E-state index contributed by atoms with van der Waals surface area (Å²) in [6, 6.07) is 5.65. The van der Waals surface area contributed by atoms with E-state index in [1.807, 2.05) is 52.1 Å². The number of likely N-dealkylation sites (N-methyl/N-ethyl adjacent to an activating group) is 1. The maximum atomic E-state index is 12.8. The van der Waals surface area contributed by atoms with Crippen molar-refractivity contribution in [1.82, 2.24) is 20.2 Å². The number of hydrogen-bond donors (Lipinski definition) is 2. The van der Waals surface area contributed by atoms with Gasteiger partial charge in [-0.3, -0.25) is 4.79 Å². The van der Waals surface area contributed by atoms with E-state index in [1.54, 1.807) is 23.3 Å². The predicted octanol–water partition coefficient (Wildman–Crippen LogP) is 4.07. The molecule has 8 nitrogen and oxygen atoms in total. The van der Waals surface area contributed by atoms with Crippen LogP contribution in [0.2, 0.25) is 0 Å². The van der Waals surface area contributed by atoms with Gasteiger partial charge in [0.15, 0.2) is 5.13 Å². The van der Waals surface area contributed by atoms with Gasteiger partial charge in [-0.15, -0.1) is 11.3 Å². The number of piperidine rings is 1. The molecule has 0 bridgehead atoms. The van der Waals surface area contributed by atoms with E-state index in [9.17, 15) is 9.59 Å². The molecule has 0 spiro atoms. The molecule has 3 heterocycles. The first-order valence-electron chi connectivity index (χ1n) is 10.5. The van der Waals surface area contributed by atoms with Gasteiger partial charge in [-0.25, -0.2) is 14.8 Å². The molecule has 1 aliphatic rings. The van der Waals surface area contributed by atoms with Gasteiger partial charge in [-0.1, -0.05) is 6.07 Å². The molecule has 2 amide bonds. The van der Waals surface area contributed by atoms with Gasteiger partial charge in [-0.05, 0) is 58.6 Å². The molecule has 0 aromatic carbocycles. The van der Waals surface area contributed by atoms with Crippen LogP contribution in [0, 0.1) is 12.8 Å². The van der Waals surface area contributed by atoms with Crippen molar-refractivity contribution in [1.29, 1.82) is 0 Å². The molecule has 0 saturated carbocycles. The smallest absolute Gasteiger partial charge is 0.410 e. The highest BCUT2D eigenvalue weighted by atomic mass is 32.1. The molecule has 31 heavy (non-hydrogen) atoms. The molecule has 168 valence electrons. The summed E-state index contributed by atoms with van der Waals surface area (Å²) in [4.78, 5) is 37.0. The lowest BCUT2D eigenvalue weighted by Gasteiger charge is -2.36. The minimum Gasteiger partial charge on any atom is -0.444 e. The topological polar surface area (TPSA) is 96.5 Å². The van der Waals surface area contributed by atoms with Gasteiger partial charge in [-0.2, -0.15) is 0 Å². The second kappa shape index (κ2) is 9.64. The van der Waals surface area contributed by atoms with E-state index in [0.717, 1.165) is 10.0 Å². The summed E-state index contributed by atoms with van der Waals surface area (Å²) in [7, 11) is 1.64. The molecule has 2 aromatic heterocycles. The zero-order valence-electron chi connectivity index (χ0n) is 18.8. The summed E-state index contributed by atoms with van der Waals surface area (Å²) in [6.45, 7) is 8.70. The maximum Gasteiger partial charge on any atom is 0.410 e. The molecule has 1 aliphatic heterocycles. The minimum absolute atomic E-state index is 0.0644. The van der Waals surface area contributed by atoms with Gasteiger partial charge >= 0.3 is 6.09 Å². The SMILES string of the molecule is CNC(=O)C(c1cccc(Nc2ncc(C)s2)n1)C1CCN(C(=O)OC(C)(C)C)CC1. The first kappa shape index (κ1) is 23.0. The monoisotopic (exact) mass is 445 g/mol. The number of hydrogen-bond acceptors (Lipinski definition) is 7. The minimum atomic E-state index is -0.522. The lowest BCUT2D eigenvalue weighted by Crippen LogP contribution is -2.44. The van der Waals surface area contributed by atoms with E-state index in [1.165, 1.54) is 0 Å². The summed E-state index contributed by atoms with van der Waals surface area (Å²) < 4.78 is 5.48. The van der Waals surface area contributed by atoms with Crippen molar-refractivity contribution in [2.75, 3.05) is 25.5 Å². The van der Waals surface area contributed by atoms with Crippen molar-refractivity contribution >= 4 is 34.3 Å². The Balaban J connectivity index is 1.72. The number of carbonyl (C=O) groups excluding carboxylic acids is 2. The lowest BCUT2D eigenvalue weighted by molar-refractivity contribution is -0.123. The number of nitrogens with one attached hydrogen (secondary N) is 2. The Hall–Kier alpha value is -2.68. The molecule has 9 heteroatoms. The summed E-state index contributed by atoms with van der Waals surface area (Å²) in [5.41, 5.74) is 0.194. The number of likely N-dealkylation sites (tertiary alicyclic amines) is 1. The molecule has 2 aromatic rings. The van der Waals surface area contributed by atoms with Crippen LogP contribution in [0.1, 0.15) is 50.1 Å². The standard InChI is InChI=1S/C22H31N5O3S/c1-14-13-24-20(31-14)26-17-8-6-7-16(25-17)18(19(28)23-5)15-9-11-27(12-10-15)21(29)30-22(2,3)4/h6-8,13,15,18H,9-12H2,1-5H3,(H,23,28)(H,24,25,26). The van der Waals surface area contributed by atoms with E-state index in [0.29, 0.717) is 37.4 Å². The van der Waals surface area contributed by atoms with E-state index in [-0.39, 0.29) is 23.8 Å². The fraction of sp³-hybridized carbons (Fsp3) is 0.545. The van der Waals surface area contributed by atoms with Crippen LogP contribution < -0.4 is 10.6 Å². The third-order valence-electron chi connectivity index (χ3n) is 5.14. The zero-order valence-corrected chi connectivity index (χ0v) is 19.6. The average Bonchev–Trinajstić information content (AvgIpc) is 3.12. The van der Waals surface area contributed by atoms with Crippen molar-refractivity contribution < 1.29 is 14.3 Å². The van der Waals surface area contributed by atoms with Crippen molar-refractivity contribution in [3.8, 4) is 0 Å². The molecule has 1 fully saturated rings. The van der Waals surface area contributed by atoms with Gasteiger partial charge in [0, 0.05) is 31.2 Å². The number of pyridine rings is 1. The highest BCUT2D eigenvalue weighted by molar-refractivity contribution is 7.15. The largest absolute Gasteiger partial charge is 0.444 e. The van der Waals surface area contributed by atoms with Gasteiger partial charge in [0.05, 0.1) is 11.6 Å². The van der Waals surface area contributed by atoms with Gasteiger partial charge in [0.1, 0.15) is 11.4 Å². The Bertz CT molecular complexity index is 916. The second-order valence-electron chi connectivity index (χ2n) is 8.75. The number of thiazole rings is 1. The summed E-state index contributed by atoms with van der Waals surface area (Å²) in [6.07, 6.45) is 2.93.